The maximum absolute atomic E-state index is 13.3. The van der Waals surface area contributed by atoms with Crippen LogP contribution >= 0.6 is 11.6 Å². The molecule has 0 bridgehead atoms. The molecule has 1 aliphatic rings. The van der Waals surface area contributed by atoms with Crippen molar-refractivity contribution in [3.05, 3.63) is 58.4 Å². The molecule has 1 saturated carbocycles. The van der Waals surface area contributed by atoms with E-state index in [1.165, 1.54) is 24.5 Å². The fourth-order valence-corrected chi connectivity index (χ4v) is 3.50. The van der Waals surface area contributed by atoms with Crippen LogP contribution in [0.5, 0.6) is 0 Å². The maximum atomic E-state index is 13.3. The van der Waals surface area contributed by atoms with Crippen LogP contribution in [0.3, 0.4) is 0 Å². The van der Waals surface area contributed by atoms with Crippen LogP contribution in [0.15, 0.2) is 30.6 Å². The SMILES string of the molecule is CCOC(=O)c1cnc(CC2(c3ccc(F)cc3Cl)CCC2)nc1. The highest BCUT2D eigenvalue weighted by molar-refractivity contribution is 6.31. The molecule has 1 fully saturated rings. The molecule has 1 aliphatic carbocycles. The summed E-state index contributed by atoms with van der Waals surface area (Å²) < 4.78 is 18.2. The molecule has 4 nitrogen and oxygen atoms in total. The van der Waals surface area contributed by atoms with Crippen molar-refractivity contribution < 1.29 is 13.9 Å². The number of aromatic nitrogens is 2. The van der Waals surface area contributed by atoms with Gasteiger partial charge in [0.1, 0.15) is 11.6 Å². The smallest absolute Gasteiger partial charge is 0.341 e. The number of hydrogen-bond donors (Lipinski definition) is 0. The van der Waals surface area contributed by atoms with Crippen LogP contribution in [0.1, 0.15) is 47.9 Å². The van der Waals surface area contributed by atoms with Gasteiger partial charge in [-0.05, 0) is 37.5 Å². The van der Waals surface area contributed by atoms with Crippen molar-refractivity contribution in [1.82, 2.24) is 9.97 Å². The van der Waals surface area contributed by atoms with Crippen LogP contribution in [-0.4, -0.2) is 22.5 Å². The van der Waals surface area contributed by atoms with Crippen LogP contribution in [-0.2, 0) is 16.6 Å². The van der Waals surface area contributed by atoms with Crippen molar-refractivity contribution in [3.63, 3.8) is 0 Å². The third-order valence-electron chi connectivity index (χ3n) is 4.53. The van der Waals surface area contributed by atoms with Gasteiger partial charge in [-0.25, -0.2) is 19.2 Å². The lowest BCUT2D eigenvalue weighted by Crippen LogP contribution is -2.37. The molecule has 6 heteroatoms. The Morgan fingerprint density at radius 1 is 1.33 bits per heavy atom. The van der Waals surface area contributed by atoms with E-state index in [0.717, 1.165) is 24.8 Å². The second-order valence-corrected chi connectivity index (χ2v) is 6.45. The summed E-state index contributed by atoms with van der Waals surface area (Å²) in [6.45, 7) is 2.06. The van der Waals surface area contributed by atoms with Crippen molar-refractivity contribution in [2.75, 3.05) is 6.61 Å². The Hall–Kier alpha value is -2.01. The Kier molecular flexibility index (Phi) is 4.81. The van der Waals surface area contributed by atoms with Gasteiger partial charge in [-0.1, -0.05) is 24.1 Å². The topological polar surface area (TPSA) is 52.1 Å². The minimum atomic E-state index is -0.427. The Morgan fingerprint density at radius 2 is 2.04 bits per heavy atom. The summed E-state index contributed by atoms with van der Waals surface area (Å²) in [6.07, 6.45) is 6.59. The Labute approximate surface area is 145 Å². The number of esters is 1. The molecular formula is C18H18ClFN2O2. The first-order valence-electron chi connectivity index (χ1n) is 7.98. The Balaban J connectivity index is 1.81. The number of benzene rings is 1. The summed E-state index contributed by atoms with van der Waals surface area (Å²) >= 11 is 6.25. The molecule has 3 rings (SSSR count). The minimum absolute atomic E-state index is 0.157. The lowest BCUT2D eigenvalue weighted by Gasteiger charge is -2.42. The van der Waals surface area contributed by atoms with Crippen molar-refractivity contribution in [1.29, 1.82) is 0 Å². The molecule has 24 heavy (non-hydrogen) atoms. The molecule has 0 saturated heterocycles. The molecule has 1 aromatic heterocycles. The molecule has 126 valence electrons. The fourth-order valence-electron chi connectivity index (χ4n) is 3.13. The normalized spacial score (nSPS) is 15.6. The minimum Gasteiger partial charge on any atom is -0.462 e. The van der Waals surface area contributed by atoms with Crippen LogP contribution < -0.4 is 0 Å². The van der Waals surface area contributed by atoms with Crippen LogP contribution in [0.4, 0.5) is 4.39 Å². The van der Waals surface area contributed by atoms with Crippen molar-refractivity contribution in [2.45, 2.75) is 38.0 Å². The summed E-state index contributed by atoms with van der Waals surface area (Å²) in [6, 6.07) is 4.54. The summed E-state index contributed by atoms with van der Waals surface area (Å²) in [7, 11) is 0. The lowest BCUT2D eigenvalue weighted by molar-refractivity contribution is 0.0525. The Bertz CT molecular complexity index is 745. The average molecular weight is 349 g/mol. The quantitative estimate of drug-likeness (QED) is 0.763. The highest BCUT2D eigenvalue weighted by Crippen LogP contribution is 2.48. The van der Waals surface area contributed by atoms with E-state index in [1.54, 1.807) is 13.0 Å². The third-order valence-corrected chi connectivity index (χ3v) is 4.84. The molecule has 1 aromatic carbocycles. The predicted octanol–water partition coefficient (Wildman–Crippen LogP) is 4.11. The second kappa shape index (κ2) is 6.85. The van der Waals surface area contributed by atoms with Gasteiger partial charge in [0.05, 0.1) is 12.2 Å². The number of carbonyl (C=O) groups excluding carboxylic acids is 1. The second-order valence-electron chi connectivity index (χ2n) is 6.04. The van der Waals surface area contributed by atoms with E-state index in [0.29, 0.717) is 29.4 Å². The monoisotopic (exact) mass is 348 g/mol. The zero-order valence-electron chi connectivity index (χ0n) is 13.4. The summed E-state index contributed by atoms with van der Waals surface area (Å²) in [5, 5.41) is 0.442. The van der Waals surface area contributed by atoms with Crippen molar-refractivity contribution >= 4 is 17.6 Å². The van der Waals surface area contributed by atoms with Crippen LogP contribution in [0.25, 0.3) is 0 Å². The molecule has 0 spiro atoms. The van der Waals surface area contributed by atoms with Crippen LogP contribution in [0, 0.1) is 5.82 Å². The number of ether oxygens (including phenoxy) is 1. The first kappa shape index (κ1) is 16.8. The van der Waals surface area contributed by atoms with Gasteiger partial charge in [-0.3, -0.25) is 0 Å². The lowest BCUT2D eigenvalue weighted by atomic mass is 9.62. The van der Waals surface area contributed by atoms with Gasteiger partial charge < -0.3 is 4.74 Å². The largest absolute Gasteiger partial charge is 0.462 e. The Morgan fingerprint density at radius 3 is 2.58 bits per heavy atom. The van der Waals surface area contributed by atoms with Gasteiger partial charge in [0.25, 0.3) is 0 Å². The molecule has 0 atom stereocenters. The van der Waals surface area contributed by atoms with E-state index in [2.05, 4.69) is 9.97 Å². The van der Waals surface area contributed by atoms with E-state index in [9.17, 15) is 9.18 Å². The average Bonchev–Trinajstić information content (AvgIpc) is 2.52. The first-order chi connectivity index (χ1) is 11.5. The van der Waals surface area contributed by atoms with E-state index in [1.807, 2.05) is 0 Å². The van der Waals surface area contributed by atoms with Gasteiger partial charge in [0.15, 0.2) is 0 Å². The molecule has 0 radical (unpaired) electrons. The van der Waals surface area contributed by atoms with Crippen molar-refractivity contribution in [2.24, 2.45) is 0 Å². The van der Waals surface area contributed by atoms with E-state index >= 15 is 0 Å². The molecular weight excluding hydrogens is 331 g/mol. The molecule has 0 unspecified atom stereocenters. The number of rotatable bonds is 5. The van der Waals surface area contributed by atoms with E-state index in [4.69, 9.17) is 16.3 Å². The van der Waals surface area contributed by atoms with E-state index < -0.39 is 5.97 Å². The standard InChI is InChI=1S/C18H18ClFN2O2/c1-2-24-17(23)12-10-21-16(22-11-12)9-18(6-3-7-18)14-5-4-13(20)8-15(14)19/h4-5,8,10-11H,2-3,6-7,9H2,1H3. The number of nitrogens with zero attached hydrogens (tertiary/aromatic N) is 2. The number of carbonyl (C=O) groups is 1. The highest BCUT2D eigenvalue weighted by atomic mass is 35.5. The molecule has 0 aliphatic heterocycles. The number of halogens is 2. The van der Waals surface area contributed by atoms with Gasteiger partial charge in [0.2, 0.25) is 0 Å². The number of hydrogen-bond acceptors (Lipinski definition) is 4. The van der Waals surface area contributed by atoms with Crippen LogP contribution in [0.2, 0.25) is 5.02 Å². The van der Waals surface area contributed by atoms with Gasteiger partial charge >= 0.3 is 5.97 Å². The maximum Gasteiger partial charge on any atom is 0.341 e. The molecule has 2 aromatic rings. The summed E-state index contributed by atoms with van der Waals surface area (Å²) in [5.41, 5.74) is 1.12. The summed E-state index contributed by atoms with van der Waals surface area (Å²) in [4.78, 5) is 20.2. The molecule has 1 heterocycles. The van der Waals surface area contributed by atoms with Gasteiger partial charge in [0, 0.05) is 29.3 Å². The zero-order chi connectivity index (χ0) is 17.2. The fraction of sp³-hybridized carbons (Fsp3) is 0.389. The van der Waals surface area contributed by atoms with Gasteiger partial charge in [-0.15, -0.1) is 0 Å². The van der Waals surface area contributed by atoms with Gasteiger partial charge in [-0.2, -0.15) is 0 Å². The molecule has 0 N–H and O–H groups in total. The predicted molar refractivity (Wildman–Crippen MR) is 88.6 cm³/mol. The summed E-state index contributed by atoms with van der Waals surface area (Å²) in [5.74, 6) is -0.125. The van der Waals surface area contributed by atoms with Crippen molar-refractivity contribution in [3.8, 4) is 0 Å². The zero-order valence-corrected chi connectivity index (χ0v) is 14.1. The first-order valence-corrected chi connectivity index (χ1v) is 8.35. The van der Waals surface area contributed by atoms with E-state index in [-0.39, 0.29) is 11.2 Å². The molecule has 0 amide bonds. The third kappa shape index (κ3) is 3.26. The highest BCUT2D eigenvalue weighted by Gasteiger charge is 2.41.